The Morgan fingerprint density at radius 2 is 1.59 bits per heavy atom. The van der Waals surface area contributed by atoms with Gasteiger partial charge in [-0.25, -0.2) is 0 Å². The van der Waals surface area contributed by atoms with Gasteiger partial charge in [0.15, 0.2) is 0 Å². The minimum Gasteiger partial charge on any atom is -0.394 e. The molecule has 0 aromatic rings. The summed E-state index contributed by atoms with van der Waals surface area (Å²) in [7, 11) is 0. The van der Waals surface area contributed by atoms with Crippen molar-refractivity contribution in [2.24, 2.45) is 5.92 Å². The number of hydrogen-bond donors (Lipinski definition) is 4. The quantitative estimate of drug-likeness (QED) is 0.534. The van der Waals surface area contributed by atoms with Crippen molar-refractivity contribution in [3.8, 4) is 0 Å². The van der Waals surface area contributed by atoms with Crippen LogP contribution in [0.3, 0.4) is 0 Å². The lowest BCUT2D eigenvalue weighted by Crippen LogP contribution is -2.58. The summed E-state index contributed by atoms with van der Waals surface area (Å²) in [6.45, 7) is 3.88. The molecule has 4 N–H and O–H groups in total. The maximum atomic E-state index is 9.77. The van der Waals surface area contributed by atoms with Gasteiger partial charge in [-0.2, -0.15) is 0 Å². The molecule has 0 amide bonds. The van der Waals surface area contributed by atoms with Gasteiger partial charge >= 0.3 is 0 Å². The van der Waals surface area contributed by atoms with Crippen molar-refractivity contribution in [1.29, 1.82) is 0 Å². The Morgan fingerprint density at radius 1 is 1.00 bits per heavy atom. The Morgan fingerprint density at radius 3 is 2.12 bits per heavy atom. The molecule has 0 spiro atoms. The maximum absolute atomic E-state index is 9.77. The van der Waals surface area contributed by atoms with Crippen LogP contribution in [-0.2, 0) is 4.74 Å². The monoisotopic (exact) mass is 248 g/mol. The van der Waals surface area contributed by atoms with E-state index < -0.39 is 30.5 Å². The predicted molar refractivity (Wildman–Crippen MR) is 62.5 cm³/mol. The fraction of sp³-hybridized carbons (Fsp3) is 1.00. The Hall–Kier alpha value is -0.200. The molecule has 5 heteroatoms. The number of aliphatic hydroxyl groups is 4. The summed E-state index contributed by atoms with van der Waals surface area (Å²) in [6.07, 6.45) is -2.34. The summed E-state index contributed by atoms with van der Waals surface area (Å²) in [5.74, 6) is 0.583. The zero-order chi connectivity index (χ0) is 13.0. The second kappa shape index (κ2) is 6.66. The Bertz CT molecular complexity index is 219. The van der Waals surface area contributed by atoms with Gasteiger partial charge in [0.2, 0.25) is 0 Å². The van der Waals surface area contributed by atoms with Crippen LogP contribution >= 0.6 is 0 Å². The van der Waals surface area contributed by atoms with Gasteiger partial charge in [-0.1, -0.05) is 26.7 Å². The van der Waals surface area contributed by atoms with E-state index in [4.69, 9.17) is 9.84 Å². The minimum atomic E-state index is -1.25. The van der Waals surface area contributed by atoms with E-state index >= 15 is 0 Å². The molecule has 1 heterocycles. The molecule has 1 fully saturated rings. The van der Waals surface area contributed by atoms with Gasteiger partial charge in [-0.15, -0.1) is 0 Å². The van der Waals surface area contributed by atoms with Crippen molar-refractivity contribution in [1.82, 2.24) is 0 Å². The molecule has 5 unspecified atom stereocenters. The van der Waals surface area contributed by atoms with Crippen LogP contribution in [0.2, 0.25) is 0 Å². The fourth-order valence-electron chi connectivity index (χ4n) is 2.14. The number of rotatable bonds is 5. The van der Waals surface area contributed by atoms with Crippen LogP contribution in [0.25, 0.3) is 0 Å². The lowest BCUT2D eigenvalue weighted by atomic mass is 9.92. The highest BCUT2D eigenvalue weighted by molar-refractivity contribution is 4.91. The fourth-order valence-corrected chi connectivity index (χ4v) is 2.14. The first-order valence-corrected chi connectivity index (χ1v) is 6.28. The van der Waals surface area contributed by atoms with E-state index in [-0.39, 0.29) is 6.61 Å². The van der Waals surface area contributed by atoms with E-state index in [1.54, 1.807) is 0 Å². The third kappa shape index (κ3) is 3.89. The molecule has 5 nitrogen and oxygen atoms in total. The zero-order valence-electron chi connectivity index (χ0n) is 10.5. The van der Waals surface area contributed by atoms with E-state index in [1.807, 2.05) is 0 Å². The van der Waals surface area contributed by atoms with E-state index in [0.29, 0.717) is 12.3 Å². The Kier molecular flexibility index (Phi) is 5.82. The van der Waals surface area contributed by atoms with Crippen LogP contribution in [0.1, 0.15) is 33.1 Å². The largest absolute Gasteiger partial charge is 0.394 e. The van der Waals surface area contributed by atoms with Crippen LogP contribution in [0.5, 0.6) is 0 Å². The van der Waals surface area contributed by atoms with Gasteiger partial charge in [0, 0.05) is 0 Å². The van der Waals surface area contributed by atoms with Crippen LogP contribution < -0.4 is 0 Å². The SMILES string of the molecule is CC(C)CCCC1OC(CO)C(O)C(O)C1O. The van der Waals surface area contributed by atoms with Crippen molar-refractivity contribution in [2.75, 3.05) is 6.61 Å². The molecular weight excluding hydrogens is 224 g/mol. The van der Waals surface area contributed by atoms with Gasteiger partial charge in [0.1, 0.15) is 24.4 Å². The van der Waals surface area contributed by atoms with E-state index in [2.05, 4.69) is 13.8 Å². The van der Waals surface area contributed by atoms with Crippen molar-refractivity contribution < 1.29 is 25.2 Å². The molecule has 0 aromatic heterocycles. The van der Waals surface area contributed by atoms with Gasteiger partial charge in [-0.3, -0.25) is 0 Å². The third-order valence-corrected chi connectivity index (χ3v) is 3.26. The molecule has 0 saturated carbocycles. The number of ether oxygens (including phenoxy) is 1. The summed E-state index contributed by atoms with van der Waals surface area (Å²) in [5.41, 5.74) is 0. The third-order valence-electron chi connectivity index (χ3n) is 3.26. The van der Waals surface area contributed by atoms with Gasteiger partial charge in [0.25, 0.3) is 0 Å². The number of hydrogen-bond acceptors (Lipinski definition) is 5. The first-order chi connectivity index (χ1) is 7.97. The molecular formula is C12H24O5. The van der Waals surface area contributed by atoms with E-state index in [1.165, 1.54) is 0 Å². The zero-order valence-corrected chi connectivity index (χ0v) is 10.5. The highest BCUT2D eigenvalue weighted by Gasteiger charge is 2.42. The number of aliphatic hydroxyl groups excluding tert-OH is 4. The summed E-state index contributed by atoms with van der Waals surface area (Å²) in [6, 6.07) is 0. The summed E-state index contributed by atoms with van der Waals surface area (Å²) >= 11 is 0. The summed E-state index contributed by atoms with van der Waals surface area (Å²) in [5, 5.41) is 38.0. The van der Waals surface area contributed by atoms with Crippen LogP contribution in [-0.4, -0.2) is 57.6 Å². The van der Waals surface area contributed by atoms with E-state index in [0.717, 1.165) is 12.8 Å². The molecule has 0 radical (unpaired) electrons. The molecule has 0 aliphatic carbocycles. The smallest absolute Gasteiger partial charge is 0.111 e. The van der Waals surface area contributed by atoms with Crippen LogP contribution in [0.15, 0.2) is 0 Å². The summed E-state index contributed by atoms with van der Waals surface area (Å²) < 4.78 is 5.40. The molecule has 0 aromatic carbocycles. The lowest BCUT2D eigenvalue weighted by molar-refractivity contribution is -0.230. The van der Waals surface area contributed by atoms with Crippen molar-refractivity contribution in [2.45, 2.75) is 63.6 Å². The molecule has 0 bridgehead atoms. The molecule has 1 aliphatic heterocycles. The van der Waals surface area contributed by atoms with Crippen molar-refractivity contribution in [3.63, 3.8) is 0 Å². The first kappa shape index (κ1) is 14.9. The topological polar surface area (TPSA) is 90.2 Å². The Labute approximate surface area is 102 Å². The standard InChI is InChI=1S/C12H24O5/c1-7(2)4-3-5-8-10(14)12(16)11(15)9(6-13)17-8/h7-16H,3-6H2,1-2H3. The second-order valence-corrected chi connectivity index (χ2v) is 5.19. The molecule has 102 valence electrons. The molecule has 1 rings (SSSR count). The summed E-state index contributed by atoms with van der Waals surface area (Å²) in [4.78, 5) is 0. The van der Waals surface area contributed by atoms with Crippen molar-refractivity contribution >= 4 is 0 Å². The lowest BCUT2D eigenvalue weighted by Gasteiger charge is -2.40. The minimum absolute atomic E-state index is 0.356. The molecule has 1 aliphatic rings. The highest BCUT2D eigenvalue weighted by Crippen LogP contribution is 2.24. The van der Waals surface area contributed by atoms with E-state index in [9.17, 15) is 15.3 Å². The predicted octanol–water partition coefficient (Wildman–Crippen LogP) is -0.345. The van der Waals surface area contributed by atoms with Gasteiger partial charge in [-0.05, 0) is 12.3 Å². The molecule has 1 saturated heterocycles. The molecule has 5 atom stereocenters. The highest BCUT2D eigenvalue weighted by atomic mass is 16.5. The van der Waals surface area contributed by atoms with Crippen LogP contribution in [0, 0.1) is 5.92 Å². The second-order valence-electron chi connectivity index (χ2n) is 5.19. The Balaban J connectivity index is 2.47. The maximum Gasteiger partial charge on any atom is 0.111 e. The average molecular weight is 248 g/mol. The molecule has 17 heavy (non-hydrogen) atoms. The van der Waals surface area contributed by atoms with Gasteiger partial charge < -0.3 is 25.2 Å². The average Bonchev–Trinajstić information content (AvgIpc) is 2.29. The normalized spacial score (nSPS) is 38.6. The van der Waals surface area contributed by atoms with Gasteiger partial charge in [0.05, 0.1) is 12.7 Å². The van der Waals surface area contributed by atoms with Crippen molar-refractivity contribution in [3.05, 3.63) is 0 Å². The first-order valence-electron chi connectivity index (χ1n) is 6.28. The van der Waals surface area contributed by atoms with Crippen LogP contribution in [0.4, 0.5) is 0 Å².